The zero-order valence-electron chi connectivity index (χ0n) is 10.6. The van der Waals surface area contributed by atoms with Gasteiger partial charge in [0.05, 0.1) is 12.7 Å². The molecule has 0 aromatic heterocycles. The summed E-state index contributed by atoms with van der Waals surface area (Å²) in [4.78, 5) is 2.45. The molecule has 2 nitrogen and oxygen atoms in total. The normalized spacial score (nSPS) is 20.6. The van der Waals surface area contributed by atoms with Crippen LogP contribution in [0.25, 0.3) is 0 Å². The van der Waals surface area contributed by atoms with E-state index in [0.717, 1.165) is 31.4 Å². The molecule has 0 amide bonds. The number of anilines is 1. The lowest BCUT2D eigenvalue weighted by molar-refractivity contribution is 0.0384. The molecule has 0 spiro atoms. The Kier molecular flexibility index (Phi) is 4.46. The van der Waals surface area contributed by atoms with Crippen LogP contribution in [0.1, 0.15) is 24.5 Å². The minimum Gasteiger partial charge on any atom is -0.375 e. The summed E-state index contributed by atoms with van der Waals surface area (Å²) < 4.78 is 5.71. The first kappa shape index (κ1) is 12.9. The number of alkyl halides is 1. The second-order valence-electron chi connectivity index (χ2n) is 4.60. The van der Waals surface area contributed by atoms with Crippen molar-refractivity contribution in [1.82, 2.24) is 0 Å². The lowest BCUT2D eigenvalue weighted by Gasteiger charge is -2.35. The SMILES string of the molecule is CCC1CN(c2ccc(CBr)cc2C)CCO1. The highest BCUT2D eigenvalue weighted by molar-refractivity contribution is 9.08. The van der Waals surface area contributed by atoms with Crippen LogP contribution in [0.4, 0.5) is 5.69 Å². The molecule has 94 valence electrons. The Labute approximate surface area is 112 Å². The Morgan fingerprint density at radius 1 is 1.47 bits per heavy atom. The van der Waals surface area contributed by atoms with Crippen LogP contribution in [-0.2, 0) is 10.1 Å². The molecule has 1 unspecified atom stereocenters. The highest BCUT2D eigenvalue weighted by Crippen LogP contribution is 2.24. The van der Waals surface area contributed by atoms with E-state index in [1.54, 1.807) is 0 Å². The van der Waals surface area contributed by atoms with Crippen molar-refractivity contribution in [2.45, 2.75) is 31.7 Å². The third-order valence-electron chi connectivity index (χ3n) is 3.35. The van der Waals surface area contributed by atoms with E-state index in [1.165, 1.54) is 16.8 Å². The van der Waals surface area contributed by atoms with Gasteiger partial charge in [0.15, 0.2) is 0 Å². The standard InChI is InChI=1S/C14H20BrNO/c1-3-13-10-16(6-7-17-13)14-5-4-12(9-15)8-11(14)2/h4-5,8,13H,3,6-7,9-10H2,1-2H3. The summed E-state index contributed by atoms with van der Waals surface area (Å²) in [6.45, 7) is 7.25. The van der Waals surface area contributed by atoms with Crippen LogP contribution in [0.5, 0.6) is 0 Å². The van der Waals surface area contributed by atoms with Gasteiger partial charge in [-0.1, -0.05) is 35.0 Å². The molecule has 3 heteroatoms. The molecule has 0 bridgehead atoms. The summed E-state index contributed by atoms with van der Waals surface area (Å²) in [6, 6.07) is 6.71. The number of ether oxygens (including phenoxy) is 1. The number of aryl methyl sites for hydroxylation is 1. The summed E-state index contributed by atoms with van der Waals surface area (Å²) in [7, 11) is 0. The van der Waals surface area contributed by atoms with E-state index < -0.39 is 0 Å². The Morgan fingerprint density at radius 3 is 2.94 bits per heavy atom. The van der Waals surface area contributed by atoms with E-state index in [1.807, 2.05) is 0 Å². The summed E-state index contributed by atoms with van der Waals surface area (Å²) >= 11 is 3.50. The van der Waals surface area contributed by atoms with Crippen LogP contribution >= 0.6 is 15.9 Å². The van der Waals surface area contributed by atoms with Crippen molar-refractivity contribution in [1.29, 1.82) is 0 Å². The smallest absolute Gasteiger partial charge is 0.0748 e. The molecule has 0 saturated carbocycles. The molecule has 1 aliphatic rings. The number of hydrogen-bond acceptors (Lipinski definition) is 2. The lowest BCUT2D eigenvalue weighted by Crippen LogP contribution is -2.42. The van der Waals surface area contributed by atoms with E-state index in [2.05, 4.69) is 52.9 Å². The highest BCUT2D eigenvalue weighted by Gasteiger charge is 2.20. The van der Waals surface area contributed by atoms with Gasteiger partial charge in [0.1, 0.15) is 0 Å². The topological polar surface area (TPSA) is 12.5 Å². The summed E-state index contributed by atoms with van der Waals surface area (Å²) in [5.74, 6) is 0. The molecule has 0 radical (unpaired) electrons. The van der Waals surface area contributed by atoms with Crippen LogP contribution in [0.15, 0.2) is 18.2 Å². The highest BCUT2D eigenvalue weighted by atomic mass is 79.9. The lowest BCUT2D eigenvalue weighted by atomic mass is 10.1. The molecule has 1 aliphatic heterocycles. The molecule has 2 rings (SSSR count). The predicted molar refractivity (Wildman–Crippen MR) is 76.1 cm³/mol. The second-order valence-corrected chi connectivity index (χ2v) is 5.16. The number of hydrogen-bond donors (Lipinski definition) is 0. The van der Waals surface area contributed by atoms with Gasteiger partial charge in [0.2, 0.25) is 0 Å². The van der Waals surface area contributed by atoms with Gasteiger partial charge >= 0.3 is 0 Å². The molecule has 1 aromatic carbocycles. The third-order valence-corrected chi connectivity index (χ3v) is 4.00. The van der Waals surface area contributed by atoms with Gasteiger partial charge in [-0.2, -0.15) is 0 Å². The van der Waals surface area contributed by atoms with E-state index in [-0.39, 0.29) is 0 Å². The molecule has 0 aliphatic carbocycles. The van der Waals surface area contributed by atoms with Crippen molar-refractivity contribution in [3.05, 3.63) is 29.3 Å². The van der Waals surface area contributed by atoms with Gasteiger partial charge in [-0.25, -0.2) is 0 Å². The van der Waals surface area contributed by atoms with Crippen LogP contribution < -0.4 is 4.90 Å². The van der Waals surface area contributed by atoms with Gasteiger partial charge in [-0.15, -0.1) is 0 Å². The Hall–Kier alpha value is -0.540. The third kappa shape index (κ3) is 3.02. The average Bonchev–Trinajstić information content (AvgIpc) is 2.38. The predicted octanol–water partition coefficient (Wildman–Crippen LogP) is 3.51. The van der Waals surface area contributed by atoms with Gasteiger partial charge < -0.3 is 9.64 Å². The van der Waals surface area contributed by atoms with Crippen LogP contribution in [0, 0.1) is 6.92 Å². The second kappa shape index (κ2) is 5.87. The minimum atomic E-state index is 0.388. The molecule has 1 saturated heterocycles. The maximum absolute atomic E-state index is 5.71. The molecule has 1 aromatic rings. The molecular weight excluding hydrogens is 278 g/mol. The average molecular weight is 298 g/mol. The summed E-state index contributed by atoms with van der Waals surface area (Å²) in [5.41, 5.74) is 4.06. The van der Waals surface area contributed by atoms with E-state index >= 15 is 0 Å². The molecule has 0 N–H and O–H groups in total. The fraction of sp³-hybridized carbons (Fsp3) is 0.571. The Balaban J connectivity index is 2.16. The van der Waals surface area contributed by atoms with Crippen molar-refractivity contribution in [3.63, 3.8) is 0 Å². The monoisotopic (exact) mass is 297 g/mol. The molecule has 1 fully saturated rings. The quantitative estimate of drug-likeness (QED) is 0.792. The van der Waals surface area contributed by atoms with Gasteiger partial charge in [-0.05, 0) is 30.5 Å². The molecule has 1 atom stereocenters. The van der Waals surface area contributed by atoms with Crippen molar-refractivity contribution < 1.29 is 4.74 Å². The van der Waals surface area contributed by atoms with Crippen molar-refractivity contribution in [2.24, 2.45) is 0 Å². The van der Waals surface area contributed by atoms with Crippen LogP contribution in [-0.4, -0.2) is 25.8 Å². The van der Waals surface area contributed by atoms with Gasteiger partial charge in [0, 0.05) is 24.1 Å². The fourth-order valence-electron chi connectivity index (χ4n) is 2.34. The van der Waals surface area contributed by atoms with Crippen molar-refractivity contribution >= 4 is 21.6 Å². The number of halogens is 1. The van der Waals surface area contributed by atoms with E-state index in [0.29, 0.717) is 6.10 Å². The first-order chi connectivity index (χ1) is 8.24. The first-order valence-corrected chi connectivity index (χ1v) is 7.38. The Morgan fingerprint density at radius 2 is 2.29 bits per heavy atom. The fourth-order valence-corrected chi connectivity index (χ4v) is 2.69. The maximum atomic E-state index is 5.71. The summed E-state index contributed by atoms with van der Waals surface area (Å²) in [6.07, 6.45) is 1.48. The zero-order valence-corrected chi connectivity index (χ0v) is 12.2. The molecule has 1 heterocycles. The van der Waals surface area contributed by atoms with Gasteiger partial charge in [0.25, 0.3) is 0 Å². The Bertz CT molecular complexity index is 380. The molecule has 17 heavy (non-hydrogen) atoms. The number of nitrogens with zero attached hydrogens (tertiary/aromatic N) is 1. The van der Waals surface area contributed by atoms with Crippen molar-refractivity contribution in [2.75, 3.05) is 24.6 Å². The van der Waals surface area contributed by atoms with Crippen LogP contribution in [0.3, 0.4) is 0 Å². The maximum Gasteiger partial charge on any atom is 0.0748 e. The minimum absolute atomic E-state index is 0.388. The van der Waals surface area contributed by atoms with Crippen molar-refractivity contribution in [3.8, 4) is 0 Å². The first-order valence-electron chi connectivity index (χ1n) is 6.26. The van der Waals surface area contributed by atoms with Gasteiger partial charge in [-0.3, -0.25) is 0 Å². The van der Waals surface area contributed by atoms with E-state index in [9.17, 15) is 0 Å². The van der Waals surface area contributed by atoms with Crippen LogP contribution in [0.2, 0.25) is 0 Å². The summed E-state index contributed by atoms with van der Waals surface area (Å²) in [5, 5.41) is 0.925. The van der Waals surface area contributed by atoms with E-state index in [4.69, 9.17) is 4.74 Å². The molecular formula is C14H20BrNO. The number of benzene rings is 1. The largest absolute Gasteiger partial charge is 0.375 e. The number of morpholine rings is 1. The zero-order chi connectivity index (χ0) is 12.3. The number of rotatable bonds is 3.